The smallest absolute Gasteiger partial charge is 0.251 e. The standard InChI is InChI=1S/C16H17N3O2/c1-12-15(11-19(2)18-12)10-17-16(21)14-7-5-13(6-8-14)4-3-9-20/h5-8,11,20H,9-10H2,1-2H3,(H,17,21). The first kappa shape index (κ1) is 14.8. The number of rotatable bonds is 3. The van der Waals surface area contributed by atoms with Crippen molar-refractivity contribution in [2.75, 3.05) is 6.61 Å². The molecule has 0 spiro atoms. The molecule has 5 nitrogen and oxygen atoms in total. The van der Waals surface area contributed by atoms with E-state index >= 15 is 0 Å². The Morgan fingerprint density at radius 2 is 2.10 bits per heavy atom. The van der Waals surface area contributed by atoms with Crippen LogP contribution in [0, 0.1) is 18.8 Å². The summed E-state index contributed by atoms with van der Waals surface area (Å²) in [5.41, 5.74) is 3.25. The van der Waals surface area contributed by atoms with Crippen molar-refractivity contribution in [2.45, 2.75) is 13.5 Å². The predicted octanol–water partition coefficient (Wildman–Crippen LogP) is 1.00. The number of hydrogen-bond donors (Lipinski definition) is 2. The molecule has 0 unspecified atom stereocenters. The summed E-state index contributed by atoms with van der Waals surface area (Å²) in [6, 6.07) is 6.94. The molecule has 2 aromatic rings. The minimum absolute atomic E-state index is 0.139. The van der Waals surface area contributed by atoms with Gasteiger partial charge in [0.2, 0.25) is 0 Å². The number of carbonyl (C=O) groups is 1. The maximum atomic E-state index is 12.0. The molecular weight excluding hydrogens is 266 g/mol. The SMILES string of the molecule is Cc1nn(C)cc1CNC(=O)c1ccc(C#CCO)cc1. The highest BCUT2D eigenvalue weighted by atomic mass is 16.2. The topological polar surface area (TPSA) is 67.2 Å². The second-order valence-corrected chi connectivity index (χ2v) is 4.63. The van der Waals surface area contributed by atoms with Crippen molar-refractivity contribution in [3.63, 3.8) is 0 Å². The quantitative estimate of drug-likeness (QED) is 0.826. The molecule has 0 aliphatic heterocycles. The molecule has 0 saturated heterocycles. The summed E-state index contributed by atoms with van der Waals surface area (Å²) < 4.78 is 1.73. The number of aromatic nitrogens is 2. The molecule has 5 heteroatoms. The van der Waals surface area contributed by atoms with Crippen LogP contribution in [0.1, 0.15) is 27.2 Å². The molecule has 2 rings (SSSR count). The van der Waals surface area contributed by atoms with Crippen molar-refractivity contribution in [3.05, 3.63) is 52.8 Å². The fourth-order valence-electron chi connectivity index (χ4n) is 1.95. The second kappa shape index (κ2) is 6.73. The molecule has 0 saturated carbocycles. The zero-order valence-corrected chi connectivity index (χ0v) is 12.1. The molecule has 21 heavy (non-hydrogen) atoms. The highest BCUT2D eigenvalue weighted by molar-refractivity contribution is 5.94. The Labute approximate surface area is 123 Å². The molecule has 1 heterocycles. The number of amides is 1. The van der Waals surface area contributed by atoms with Crippen molar-refractivity contribution >= 4 is 5.91 Å². The Bertz CT molecular complexity index is 691. The van der Waals surface area contributed by atoms with Gasteiger partial charge >= 0.3 is 0 Å². The van der Waals surface area contributed by atoms with Gasteiger partial charge < -0.3 is 10.4 Å². The minimum Gasteiger partial charge on any atom is -0.384 e. The van der Waals surface area contributed by atoms with Crippen molar-refractivity contribution < 1.29 is 9.90 Å². The Morgan fingerprint density at radius 3 is 2.67 bits per heavy atom. The average Bonchev–Trinajstić information content (AvgIpc) is 2.81. The van der Waals surface area contributed by atoms with Crippen LogP contribution in [0.25, 0.3) is 0 Å². The van der Waals surface area contributed by atoms with E-state index in [9.17, 15) is 4.79 Å². The van der Waals surface area contributed by atoms with Gasteiger partial charge in [0, 0.05) is 36.5 Å². The summed E-state index contributed by atoms with van der Waals surface area (Å²) in [6.07, 6.45) is 1.89. The fourth-order valence-corrected chi connectivity index (χ4v) is 1.95. The molecule has 0 atom stereocenters. The first-order valence-corrected chi connectivity index (χ1v) is 6.57. The lowest BCUT2D eigenvalue weighted by Gasteiger charge is -2.04. The van der Waals surface area contributed by atoms with Gasteiger partial charge in [-0.05, 0) is 31.2 Å². The Balaban J connectivity index is 1.98. The van der Waals surface area contributed by atoms with E-state index in [1.54, 1.807) is 28.9 Å². The van der Waals surface area contributed by atoms with Crippen LogP contribution < -0.4 is 5.32 Å². The van der Waals surface area contributed by atoms with Crippen molar-refractivity contribution in [1.82, 2.24) is 15.1 Å². The molecular formula is C16H17N3O2. The summed E-state index contributed by atoms with van der Waals surface area (Å²) >= 11 is 0. The highest BCUT2D eigenvalue weighted by Gasteiger charge is 2.07. The summed E-state index contributed by atoms with van der Waals surface area (Å²) in [5, 5.41) is 15.7. The highest BCUT2D eigenvalue weighted by Crippen LogP contribution is 2.06. The van der Waals surface area contributed by atoms with E-state index in [1.165, 1.54) is 0 Å². The monoisotopic (exact) mass is 283 g/mol. The Morgan fingerprint density at radius 1 is 1.38 bits per heavy atom. The zero-order valence-electron chi connectivity index (χ0n) is 12.1. The number of aryl methyl sites for hydroxylation is 2. The van der Waals surface area contributed by atoms with Crippen molar-refractivity contribution in [1.29, 1.82) is 0 Å². The summed E-state index contributed by atoms with van der Waals surface area (Å²) in [7, 11) is 1.85. The lowest BCUT2D eigenvalue weighted by atomic mass is 10.1. The maximum Gasteiger partial charge on any atom is 0.251 e. The number of carbonyl (C=O) groups excluding carboxylic acids is 1. The molecule has 1 aromatic carbocycles. The first-order chi connectivity index (χ1) is 10.1. The number of aliphatic hydroxyl groups excluding tert-OH is 1. The van der Waals surface area contributed by atoms with Gasteiger partial charge in [-0.1, -0.05) is 11.8 Å². The third-order valence-electron chi connectivity index (χ3n) is 3.01. The fraction of sp³-hybridized carbons (Fsp3) is 0.250. The van der Waals surface area contributed by atoms with E-state index in [0.29, 0.717) is 12.1 Å². The van der Waals surface area contributed by atoms with Crippen LogP contribution in [-0.4, -0.2) is 27.4 Å². The molecule has 1 aromatic heterocycles. The van der Waals surface area contributed by atoms with Gasteiger partial charge in [-0.3, -0.25) is 9.48 Å². The molecule has 0 bridgehead atoms. The van der Waals surface area contributed by atoms with Gasteiger partial charge in [-0.2, -0.15) is 5.10 Å². The van der Waals surface area contributed by atoms with E-state index in [2.05, 4.69) is 22.3 Å². The molecule has 108 valence electrons. The average molecular weight is 283 g/mol. The van der Waals surface area contributed by atoms with Crippen LogP contribution in [-0.2, 0) is 13.6 Å². The van der Waals surface area contributed by atoms with Crippen LogP contribution in [0.3, 0.4) is 0 Å². The molecule has 0 aliphatic rings. The first-order valence-electron chi connectivity index (χ1n) is 6.57. The van der Waals surface area contributed by atoms with E-state index in [-0.39, 0.29) is 12.5 Å². The van der Waals surface area contributed by atoms with Gasteiger partial charge in [0.05, 0.1) is 5.69 Å². The van der Waals surface area contributed by atoms with Crippen LogP contribution in [0.2, 0.25) is 0 Å². The van der Waals surface area contributed by atoms with Gasteiger partial charge in [-0.25, -0.2) is 0 Å². The van der Waals surface area contributed by atoms with Crippen LogP contribution in [0.4, 0.5) is 0 Å². The minimum atomic E-state index is -0.174. The van der Waals surface area contributed by atoms with Crippen molar-refractivity contribution in [2.24, 2.45) is 7.05 Å². The molecule has 2 N–H and O–H groups in total. The zero-order chi connectivity index (χ0) is 15.2. The van der Waals surface area contributed by atoms with Gasteiger partial charge in [-0.15, -0.1) is 0 Å². The summed E-state index contributed by atoms with van der Waals surface area (Å²) in [6.45, 7) is 2.19. The van der Waals surface area contributed by atoms with Crippen LogP contribution >= 0.6 is 0 Å². The third-order valence-corrected chi connectivity index (χ3v) is 3.01. The van der Waals surface area contributed by atoms with E-state index < -0.39 is 0 Å². The maximum absolute atomic E-state index is 12.0. The number of aliphatic hydroxyl groups is 1. The Kier molecular flexibility index (Phi) is 4.75. The predicted molar refractivity (Wildman–Crippen MR) is 79.5 cm³/mol. The number of benzene rings is 1. The number of nitrogens with zero attached hydrogens (tertiary/aromatic N) is 2. The summed E-state index contributed by atoms with van der Waals surface area (Å²) in [4.78, 5) is 12.0. The van der Waals surface area contributed by atoms with Crippen LogP contribution in [0.15, 0.2) is 30.5 Å². The van der Waals surface area contributed by atoms with Gasteiger partial charge in [0.15, 0.2) is 0 Å². The molecule has 0 fully saturated rings. The molecule has 0 radical (unpaired) electrons. The number of hydrogen-bond acceptors (Lipinski definition) is 3. The van der Waals surface area contributed by atoms with Gasteiger partial charge in [0.25, 0.3) is 5.91 Å². The van der Waals surface area contributed by atoms with E-state index in [1.807, 2.05) is 20.2 Å². The molecule has 1 amide bonds. The lowest BCUT2D eigenvalue weighted by molar-refractivity contribution is 0.0951. The lowest BCUT2D eigenvalue weighted by Crippen LogP contribution is -2.22. The van der Waals surface area contributed by atoms with Gasteiger partial charge in [0.1, 0.15) is 6.61 Å². The van der Waals surface area contributed by atoms with Crippen molar-refractivity contribution in [3.8, 4) is 11.8 Å². The third kappa shape index (κ3) is 3.94. The normalized spacial score (nSPS) is 9.86. The van der Waals surface area contributed by atoms with E-state index in [4.69, 9.17) is 5.11 Å². The van der Waals surface area contributed by atoms with E-state index in [0.717, 1.165) is 16.8 Å². The second-order valence-electron chi connectivity index (χ2n) is 4.63. The summed E-state index contributed by atoms with van der Waals surface area (Å²) in [5.74, 6) is 5.21. The van der Waals surface area contributed by atoms with Crippen LogP contribution in [0.5, 0.6) is 0 Å². The number of nitrogens with one attached hydrogen (secondary N) is 1. The largest absolute Gasteiger partial charge is 0.384 e. The molecule has 0 aliphatic carbocycles. The Hall–Kier alpha value is -2.58.